The number of ketones is 1. The number of fused-ring (bicyclic) bond motifs is 1. The number of halogens is 2. The first-order chi connectivity index (χ1) is 15.1. The largest absolute Gasteiger partial charge is 0.344 e. The predicted octanol–water partition coefficient (Wildman–Crippen LogP) is 1.06. The normalized spacial score (nSPS) is 26.1. The molecule has 170 valence electrons. The molecule has 2 fully saturated rings. The lowest BCUT2D eigenvalue weighted by molar-refractivity contribution is -0.137. The van der Waals surface area contributed by atoms with E-state index in [2.05, 4.69) is 5.32 Å². The molecule has 3 atom stereocenters. The summed E-state index contributed by atoms with van der Waals surface area (Å²) in [6, 6.07) is 3.05. The van der Waals surface area contributed by atoms with Crippen molar-refractivity contribution in [3.8, 4) is 0 Å². The molecule has 3 heterocycles. The Hall–Kier alpha value is -3.17. The molecule has 32 heavy (non-hydrogen) atoms. The number of rotatable bonds is 5. The summed E-state index contributed by atoms with van der Waals surface area (Å²) in [7, 11) is 0. The monoisotopic (exact) mass is 447 g/mol. The van der Waals surface area contributed by atoms with Crippen LogP contribution in [-0.4, -0.2) is 64.1 Å². The van der Waals surface area contributed by atoms with E-state index in [0.717, 1.165) is 16.0 Å². The van der Waals surface area contributed by atoms with Crippen LogP contribution in [0.25, 0.3) is 0 Å². The predicted molar refractivity (Wildman–Crippen MR) is 106 cm³/mol. The Kier molecular flexibility index (Phi) is 5.56. The van der Waals surface area contributed by atoms with Crippen LogP contribution in [0.2, 0.25) is 0 Å². The third-order valence-electron chi connectivity index (χ3n) is 6.39. The first-order valence-corrected chi connectivity index (χ1v) is 10.4. The Balaban J connectivity index is 1.39. The molecule has 0 unspecified atom stereocenters. The van der Waals surface area contributed by atoms with E-state index in [1.807, 2.05) is 6.07 Å². The number of alkyl halides is 2. The van der Waals surface area contributed by atoms with Gasteiger partial charge in [0.05, 0.1) is 12.6 Å². The van der Waals surface area contributed by atoms with E-state index < -0.39 is 48.7 Å². The molecule has 10 heteroatoms. The number of benzene rings is 1. The van der Waals surface area contributed by atoms with Gasteiger partial charge in [-0.1, -0.05) is 18.2 Å². The van der Waals surface area contributed by atoms with Crippen LogP contribution in [0.4, 0.5) is 8.78 Å². The number of aldehydes is 1. The van der Waals surface area contributed by atoms with Crippen molar-refractivity contribution >= 4 is 29.8 Å². The molecule has 1 aromatic carbocycles. The van der Waals surface area contributed by atoms with Gasteiger partial charge in [0.25, 0.3) is 5.92 Å². The van der Waals surface area contributed by atoms with Gasteiger partial charge in [-0.15, -0.1) is 0 Å². The van der Waals surface area contributed by atoms with Crippen LogP contribution in [0.1, 0.15) is 47.7 Å². The zero-order valence-corrected chi connectivity index (χ0v) is 17.5. The van der Waals surface area contributed by atoms with Gasteiger partial charge in [-0.2, -0.15) is 0 Å². The van der Waals surface area contributed by atoms with Crippen LogP contribution in [0.15, 0.2) is 18.2 Å². The zero-order valence-electron chi connectivity index (χ0n) is 17.5. The maximum absolute atomic E-state index is 13.7. The van der Waals surface area contributed by atoms with Crippen molar-refractivity contribution in [2.45, 2.75) is 57.3 Å². The highest BCUT2D eigenvalue weighted by molar-refractivity contribution is 5.97. The molecule has 0 aromatic heterocycles. The lowest BCUT2D eigenvalue weighted by Crippen LogP contribution is -2.47. The number of nitrogens with zero attached hydrogens (tertiary/aromatic N) is 2. The summed E-state index contributed by atoms with van der Waals surface area (Å²) >= 11 is 0. The van der Waals surface area contributed by atoms with Crippen LogP contribution in [0.5, 0.6) is 0 Å². The number of amides is 3. The van der Waals surface area contributed by atoms with E-state index in [4.69, 9.17) is 0 Å². The fraction of sp³-hybridized carbons (Fsp3) is 0.500. The SMILES string of the molecule is CC(=O)c1cccc2c1CN(C(=O)C[C@@H]1C[C@@H](C(=O)N3CC(F)(F)C[C@H]3C=O)NC1=O)C2. The molecule has 0 spiro atoms. The maximum Gasteiger partial charge on any atom is 0.267 e. The average molecular weight is 447 g/mol. The number of hydrogen-bond donors (Lipinski definition) is 1. The van der Waals surface area contributed by atoms with Gasteiger partial charge in [0.15, 0.2) is 5.78 Å². The topological polar surface area (TPSA) is 104 Å². The molecule has 3 aliphatic rings. The number of likely N-dealkylation sites (tertiary alicyclic amines) is 1. The van der Waals surface area contributed by atoms with Gasteiger partial charge < -0.3 is 19.9 Å². The van der Waals surface area contributed by atoms with Crippen LogP contribution < -0.4 is 5.32 Å². The van der Waals surface area contributed by atoms with Crippen molar-refractivity contribution in [3.63, 3.8) is 0 Å². The fourth-order valence-electron chi connectivity index (χ4n) is 4.76. The summed E-state index contributed by atoms with van der Waals surface area (Å²) in [4.78, 5) is 63.2. The van der Waals surface area contributed by atoms with Crippen molar-refractivity contribution in [3.05, 3.63) is 34.9 Å². The lowest BCUT2D eigenvalue weighted by atomic mass is 9.99. The first kappa shape index (κ1) is 22.0. The Labute approximate surface area is 182 Å². The van der Waals surface area contributed by atoms with Gasteiger partial charge >= 0.3 is 0 Å². The van der Waals surface area contributed by atoms with Gasteiger partial charge in [-0.3, -0.25) is 19.2 Å². The van der Waals surface area contributed by atoms with Crippen molar-refractivity contribution < 1.29 is 32.8 Å². The number of carbonyl (C=O) groups excluding carboxylic acids is 5. The van der Waals surface area contributed by atoms with Gasteiger partial charge in [-0.05, 0) is 24.5 Å². The molecule has 0 bridgehead atoms. The van der Waals surface area contributed by atoms with Crippen LogP contribution in [0, 0.1) is 5.92 Å². The minimum absolute atomic E-state index is 0.00343. The summed E-state index contributed by atoms with van der Waals surface area (Å²) in [5, 5.41) is 2.48. The molecule has 8 nitrogen and oxygen atoms in total. The van der Waals surface area contributed by atoms with Gasteiger partial charge in [0.2, 0.25) is 17.7 Å². The molecule has 0 saturated carbocycles. The second-order valence-electron chi connectivity index (χ2n) is 8.68. The summed E-state index contributed by atoms with van der Waals surface area (Å²) in [5.41, 5.74) is 2.24. The Morgan fingerprint density at radius 1 is 1.25 bits per heavy atom. The summed E-state index contributed by atoms with van der Waals surface area (Å²) in [5.74, 6) is -5.53. The second kappa shape index (κ2) is 8.07. The van der Waals surface area contributed by atoms with E-state index in [1.54, 1.807) is 17.0 Å². The van der Waals surface area contributed by atoms with Crippen LogP contribution >= 0.6 is 0 Å². The smallest absolute Gasteiger partial charge is 0.267 e. The Morgan fingerprint density at radius 2 is 2.00 bits per heavy atom. The van der Waals surface area contributed by atoms with Crippen molar-refractivity contribution in [2.24, 2.45) is 5.92 Å². The van der Waals surface area contributed by atoms with Crippen molar-refractivity contribution in [2.75, 3.05) is 6.54 Å². The number of hydrogen-bond acceptors (Lipinski definition) is 5. The highest BCUT2D eigenvalue weighted by atomic mass is 19.3. The van der Waals surface area contributed by atoms with E-state index in [1.165, 1.54) is 6.92 Å². The molecule has 0 radical (unpaired) electrons. The van der Waals surface area contributed by atoms with Gasteiger partial charge in [0, 0.05) is 37.4 Å². The summed E-state index contributed by atoms with van der Waals surface area (Å²) in [6.45, 7) is 1.20. The van der Waals surface area contributed by atoms with Crippen molar-refractivity contribution in [1.29, 1.82) is 0 Å². The van der Waals surface area contributed by atoms with Crippen molar-refractivity contribution in [1.82, 2.24) is 15.1 Å². The highest BCUT2D eigenvalue weighted by Crippen LogP contribution is 2.33. The molecule has 1 N–H and O–H groups in total. The first-order valence-electron chi connectivity index (χ1n) is 10.4. The third-order valence-corrected chi connectivity index (χ3v) is 6.39. The lowest BCUT2D eigenvalue weighted by Gasteiger charge is -2.23. The number of carbonyl (C=O) groups is 5. The molecular weight excluding hydrogens is 424 g/mol. The van der Waals surface area contributed by atoms with E-state index in [0.29, 0.717) is 18.4 Å². The quantitative estimate of drug-likeness (QED) is 0.537. The maximum atomic E-state index is 13.7. The third kappa shape index (κ3) is 4.01. The molecule has 0 aliphatic carbocycles. The minimum Gasteiger partial charge on any atom is -0.344 e. The molecular formula is C22H23F2N3O5. The molecule has 1 aromatic rings. The van der Waals surface area contributed by atoms with Gasteiger partial charge in [-0.25, -0.2) is 8.78 Å². The number of Topliss-reactive ketones (excluding diaryl/α,β-unsaturated/α-hetero) is 1. The van der Waals surface area contributed by atoms with E-state index in [-0.39, 0.29) is 31.1 Å². The molecule has 4 rings (SSSR count). The van der Waals surface area contributed by atoms with Gasteiger partial charge in [0.1, 0.15) is 12.3 Å². The summed E-state index contributed by atoms with van der Waals surface area (Å²) < 4.78 is 27.3. The Morgan fingerprint density at radius 3 is 2.69 bits per heavy atom. The summed E-state index contributed by atoms with van der Waals surface area (Å²) in [6.07, 6.45) is -0.553. The van der Waals surface area contributed by atoms with Crippen LogP contribution in [-0.2, 0) is 32.3 Å². The minimum atomic E-state index is -3.15. The highest BCUT2D eigenvalue weighted by Gasteiger charge is 2.50. The second-order valence-corrected chi connectivity index (χ2v) is 8.68. The fourth-order valence-corrected chi connectivity index (χ4v) is 4.76. The van der Waals surface area contributed by atoms with E-state index in [9.17, 15) is 32.8 Å². The van der Waals surface area contributed by atoms with Crippen LogP contribution in [0.3, 0.4) is 0 Å². The average Bonchev–Trinajstić information content (AvgIpc) is 3.41. The standard InChI is InChI=1S/C22H23F2N3O5/c1-12(29)16-4-2-3-13-8-26(9-17(13)16)19(30)6-14-5-18(25-20(14)31)21(32)27-11-22(23,24)7-15(27)10-28/h2-4,10,14-15,18H,5-9,11H2,1H3,(H,25,31)/t14-,15-,18-/m0/s1. The van der Waals surface area contributed by atoms with E-state index >= 15 is 0 Å². The molecule has 3 amide bonds. The Bertz CT molecular complexity index is 1010. The molecule has 3 aliphatic heterocycles. The number of nitrogens with one attached hydrogen (secondary N) is 1. The molecule has 2 saturated heterocycles. The zero-order chi connectivity index (χ0) is 23.2.